The number of hydrogen-bond donors (Lipinski definition) is 3. The number of rotatable bonds is 8. The molecule has 1 aromatic rings. The van der Waals surface area contributed by atoms with Crippen molar-refractivity contribution in [1.29, 1.82) is 0 Å². The number of carbonyl (C=O) groups is 4. The number of amides is 3. The first-order chi connectivity index (χ1) is 10.4. The normalized spacial score (nSPS) is 11.3. The van der Waals surface area contributed by atoms with Crippen LogP contribution < -0.4 is 16.4 Å². The predicted octanol–water partition coefficient (Wildman–Crippen LogP) is -0.244. The van der Waals surface area contributed by atoms with E-state index in [1.807, 2.05) is 0 Å². The van der Waals surface area contributed by atoms with E-state index in [1.54, 1.807) is 30.3 Å². The van der Waals surface area contributed by atoms with Crippen LogP contribution in [0.4, 0.5) is 0 Å². The van der Waals surface area contributed by atoms with E-state index in [1.165, 1.54) is 6.92 Å². The SMILES string of the molecule is CC(=O)CC[C@@H](NC(=O)CNC(=O)c1ccccc1)C(N)=O. The van der Waals surface area contributed by atoms with Gasteiger partial charge in [0.2, 0.25) is 11.8 Å². The fourth-order valence-corrected chi connectivity index (χ4v) is 1.73. The maximum atomic E-state index is 11.8. The van der Waals surface area contributed by atoms with Crippen LogP contribution in [-0.4, -0.2) is 36.1 Å². The zero-order chi connectivity index (χ0) is 16.5. The minimum atomic E-state index is -0.926. The van der Waals surface area contributed by atoms with Crippen molar-refractivity contribution in [2.24, 2.45) is 5.73 Å². The summed E-state index contributed by atoms with van der Waals surface area (Å²) in [7, 11) is 0. The van der Waals surface area contributed by atoms with Gasteiger partial charge in [0.25, 0.3) is 5.91 Å². The highest BCUT2D eigenvalue weighted by Crippen LogP contribution is 1.99. The van der Waals surface area contributed by atoms with E-state index in [-0.39, 0.29) is 25.2 Å². The molecule has 0 heterocycles. The minimum Gasteiger partial charge on any atom is -0.368 e. The van der Waals surface area contributed by atoms with Gasteiger partial charge in [0.15, 0.2) is 0 Å². The largest absolute Gasteiger partial charge is 0.368 e. The molecule has 1 atom stereocenters. The molecule has 3 amide bonds. The predicted molar refractivity (Wildman–Crippen MR) is 79.8 cm³/mol. The Morgan fingerprint density at radius 3 is 2.32 bits per heavy atom. The number of Topliss-reactive ketones (excluding diaryl/α,β-unsaturated/α-hetero) is 1. The second kappa shape index (κ2) is 8.56. The minimum absolute atomic E-state index is 0.0992. The summed E-state index contributed by atoms with van der Waals surface area (Å²) in [6, 6.07) is 7.50. The van der Waals surface area contributed by atoms with Gasteiger partial charge in [0.1, 0.15) is 11.8 Å². The first-order valence-electron chi connectivity index (χ1n) is 6.81. The molecule has 1 aromatic carbocycles. The molecule has 7 nitrogen and oxygen atoms in total. The van der Waals surface area contributed by atoms with Crippen LogP contribution in [0.25, 0.3) is 0 Å². The van der Waals surface area contributed by atoms with Crippen molar-refractivity contribution in [3.05, 3.63) is 35.9 Å². The van der Waals surface area contributed by atoms with E-state index in [4.69, 9.17) is 5.73 Å². The van der Waals surface area contributed by atoms with Crippen LogP contribution in [-0.2, 0) is 14.4 Å². The molecule has 0 aliphatic rings. The van der Waals surface area contributed by atoms with Crippen molar-refractivity contribution in [3.63, 3.8) is 0 Å². The van der Waals surface area contributed by atoms with Crippen LogP contribution in [0, 0.1) is 0 Å². The van der Waals surface area contributed by atoms with E-state index < -0.39 is 23.8 Å². The summed E-state index contributed by atoms with van der Waals surface area (Å²) in [6.45, 7) is 1.11. The van der Waals surface area contributed by atoms with Gasteiger partial charge in [-0.2, -0.15) is 0 Å². The fourth-order valence-electron chi connectivity index (χ4n) is 1.73. The topological polar surface area (TPSA) is 118 Å². The fraction of sp³-hybridized carbons (Fsp3) is 0.333. The van der Waals surface area contributed by atoms with E-state index in [0.717, 1.165) is 0 Å². The zero-order valence-electron chi connectivity index (χ0n) is 12.3. The Kier molecular flexibility index (Phi) is 6.75. The van der Waals surface area contributed by atoms with Gasteiger partial charge in [-0.1, -0.05) is 18.2 Å². The molecule has 0 unspecified atom stereocenters. The third kappa shape index (κ3) is 6.17. The van der Waals surface area contributed by atoms with Gasteiger partial charge in [-0.3, -0.25) is 14.4 Å². The molecule has 0 bridgehead atoms. The molecule has 22 heavy (non-hydrogen) atoms. The second-order valence-corrected chi connectivity index (χ2v) is 4.81. The van der Waals surface area contributed by atoms with Crippen LogP contribution >= 0.6 is 0 Å². The van der Waals surface area contributed by atoms with Crippen molar-refractivity contribution < 1.29 is 19.2 Å². The summed E-state index contributed by atoms with van der Waals surface area (Å²) in [4.78, 5) is 45.6. The first-order valence-corrected chi connectivity index (χ1v) is 6.81. The standard InChI is InChI=1S/C15H19N3O4/c1-10(19)7-8-12(14(16)21)18-13(20)9-17-15(22)11-5-3-2-4-6-11/h2-6,12H,7-9H2,1H3,(H2,16,21)(H,17,22)(H,18,20)/t12-/m1/s1. The molecule has 0 spiro atoms. The Hall–Kier alpha value is -2.70. The first kappa shape index (κ1) is 17.4. The van der Waals surface area contributed by atoms with Crippen molar-refractivity contribution in [1.82, 2.24) is 10.6 Å². The maximum Gasteiger partial charge on any atom is 0.251 e. The summed E-state index contributed by atoms with van der Waals surface area (Å²) in [5.41, 5.74) is 5.59. The molecule has 0 saturated carbocycles. The molecule has 1 rings (SSSR count). The van der Waals surface area contributed by atoms with E-state index >= 15 is 0 Å². The quantitative estimate of drug-likeness (QED) is 0.614. The number of primary amides is 1. The highest BCUT2D eigenvalue weighted by Gasteiger charge is 2.18. The van der Waals surface area contributed by atoms with Gasteiger partial charge < -0.3 is 21.2 Å². The van der Waals surface area contributed by atoms with E-state index in [2.05, 4.69) is 10.6 Å². The summed E-state index contributed by atoms with van der Waals surface area (Å²) in [6.07, 6.45) is 0.285. The van der Waals surface area contributed by atoms with Crippen LogP contribution in [0.2, 0.25) is 0 Å². The lowest BCUT2D eigenvalue weighted by atomic mass is 10.1. The molecule has 0 aromatic heterocycles. The highest BCUT2D eigenvalue weighted by atomic mass is 16.2. The maximum absolute atomic E-state index is 11.8. The van der Waals surface area contributed by atoms with Gasteiger partial charge in [-0.15, -0.1) is 0 Å². The van der Waals surface area contributed by atoms with E-state index in [0.29, 0.717) is 5.56 Å². The molecule has 0 radical (unpaired) electrons. The van der Waals surface area contributed by atoms with Gasteiger partial charge in [0.05, 0.1) is 6.54 Å². The molecule has 4 N–H and O–H groups in total. The Labute approximate surface area is 128 Å². The molecular formula is C15H19N3O4. The summed E-state index contributed by atoms with van der Waals surface area (Å²) in [5.74, 6) is -1.76. The highest BCUT2D eigenvalue weighted by molar-refractivity contribution is 5.97. The smallest absolute Gasteiger partial charge is 0.251 e. The van der Waals surface area contributed by atoms with Crippen LogP contribution in [0.5, 0.6) is 0 Å². The Morgan fingerprint density at radius 2 is 1.77 bits per heavy atom. The third-order valence-corrected chi connectivity index (χ3v) is 2.91. The lowest BCUT2D eigenvalue weighted by molar-refractivity contribution is -0.127. The number of benzene rings is 1. The molecule has 7 heteroatoms. The zero-order valence-corrected chi connectivity index (χ0v) is 12.3. The van der Waals surface area contributed by atoms with Crippen molar-refractivity contribution in [3.8, 4) is 0 Å². The Balaban J connectivity index is 2.45. The molecular weight excluding hydrogens is 286 g/mol. The third-order valence-electron chi connectivity index (χ3n) is 2.91. The van der Waals surface area contributed by atoms with Crippen LogP contribution in [0.3, 0.4) is 0 Å². The summed E-state index contributed by atoms with van der Waals surface area (Å²) in [5, 5.41) is 4.84. The number of ketones is 1. The molecule has 0 aliphatic heterocycles. The second-order valence-electron chi connectivity index (χ2n) is 4.81. The summed E-state index contributed by atoms with van der Waals surface area (Å²) >= 11 is 0. The monoisotopic (exact) mass is 305 g/mol. The number of nitrogens with one attached hydrogen (secondary N) is 2. The average Bonchev–Trinajstić information content (AvgIpc) is 2.49. The van der Waals surface area contributed by atoms with Gasteiger partial charge >= 0.3 is 0 Å². The summed E-state index contributed by atoms with van der Waals surface area (Å²) < 4.78 is 0. The van der Waals surface area contributed by atoms with Gasteiger partial charge in [0, 0.05) is 12.0 Å². The Morgan fingerprint density at radius 1 is 1.14 bits per heavy atom. The van der Waals surface area contributed by atoms with E-state index in [9.17, 15) is 19.2 Å². The lowest BCUT2D eigenvalue weighted by Crippen LogP contribution is -2.48. The van der Waals surface area contributed by atoms with Crippen molar-refractivity contribution >= 4 is 23.5 Å². The molecule has 0 aliphatic carbocycles. The molecule has 0 fully saturated rings. The van der Waals surface area contributed by atoms with Crippen molar-refractivity contribution in [2.45, 2.75) is 25.8 Å². The Bertz CT molecular complexity index is 557. The van der Waals surface area contributed by atoms with Crippen LogP contribution in [0.15, 0.2) is 30.3 Å². The van der Waals surface area contributed by atoms with Crippen molar-refractivity contribution in [2.75, 3.05) is 6.54 Å². The molecule has 118 valence electrons. The molecule has 0 saturated heterocycles. The number of nitrogens with two attached hydrogens (primary N) is 1. The van der Waals surface area contributed by atoms with Crippen LogP contribution in [0.1, 0.15) is 30.1 Å². The van der Waals surface area contributed by atoms with Gasteiger partial charge in [-0.25, -0.2) is 0 Å². The number of carbonyl (C=O) groups excluding carboxylic acids is 4. The number of hydrogen-bond acceptors (Lipinski definition) is 4. The lowest BCUT2D eigenvalue weighted by Gasteiger charge is -2.15. The van der Waals surface area contributed by atoms with Gasteiger partial charge in [-0.05, 0) is 25.5 Å². The average molecular weight is 305 g/mol.